The maximum absolute atomic E-state index is 12.2. The molecular weight excluding hydrogens is 384 g/mol. The van der Waals surface area contributed by atoms with Gasteiger partial charge in [-0.1, -0.05) is 74.5 Å². The van der Waals surface area contributed by atoms with E-state index in [0.717, 1.165) is 10.4 Å². The van der Waals surface area contributed by atoms with E-state index >= 15 is 0 Å². The Morgan fingerprint density at radius 2 is 1.24 bits per heavy atom. The Morgan fingerprint density at radius 1 is 0.862 bits per heavy atom. The number of esters is 2. The van der Waals surface area contributed by atoms with E-state index in [1.54, 1.807) is 0 Å². The van der Waals surface area contributed by atoms with Gasteiger partial charge >= 0.3 is 11.9 Å². The summed E-state index contributed by atoms with van der Waals surface area (Å²) < 4.78 is 9.65. The number of hydrogen-bond donors (Lipinski definition) is 1. The number of rotatable bonds is 9. The molecule has 5 nitrogen and oxygen atoms in total. The number of ether oxygens (including phenoxy) is 2. The van der Waals surface area contributed by atoms with E-state index in [9.17, 15) is 14.4 Å². The molecule has 0 unspecified atom stereocenters. The van der Waals surface area contributed by atoms with Crippen LogP contribution in [-0.2, 0) is 19.1 Å². The van der Waals surface area contributed by atoms with Crippen molar-refractivity contribution in [1.82, 2.24) is 0 Å². The van der Waals surface area contributed by atoms with Gasteiger partial charge in [0.2, 0.25) is 0 Å². The van der Waals surface area contributed by atoms with Crippen molar-refractivity contribution in [2.24, 2.45) is 5.92 Å². The molecular formula is C23H30O5Si. The fourth-order valence-corrected chi connectivity index (χ4v) is 7.86. The lowest BCUT2D eigenvalue weighted by Gasteiger charge is -2.43. The average molecular weight is 415 g/mol. The maximum atomic E-state index is 12.2. The lowest BCUT2D eigenvalue weighted by molar-refractivity contribution is -0.144. The molecule has 2 aromatic carbocycles. The molecule has 0 aliphatic rings. The van der Waals surface area contributed by atoms with Gasteiger partial charge in [0, 0.05) is 12.8 Å². The van der Waals surface area contributed by atoms with Gasteiger partial charge in [0.05, 0.1) is 14.2 Å². The number of carbonyl (C=O) groups excluding carboxylic acids is 2. The van der Waals surface area contributed by atoms with Gasteiger partial charge < -0.3 is 14.3 Å². The second-order valence-electron chi connectivity index (χ2n) is 7.96. The van der Waals surface area contributed by atoms with Crippen LogP contribution in [0.3, 0.4) is 0 Å². The van der Waals surface area contributed by atoms with Gasteiger partial charge in [-0.2, -0.15) is 0 Å². The first-order valence-corrected chi connectivity index (χ1v) is 11.7. The lowest BCUT2D eigenvalue weighted by atomic mass is 9.90. The topological polar surface area (TPSA) is 72.8 Å². The van der Waals surface area contributed by atoms with E-state index in [1.165, 1.54) is 14.2 Å². The second kappa shape index (κ2) is 9.85. The third-order valence-corrected chi connectivity index (χ3v) is 10.0. The van der Waals surface area contributed by atoms with E-state index < -0.39 is 13.4 Å². The van der Waals surface area contributed by atoms with E-state index in [2.05, 4.69) is 0 Å². The minimum absolute atomic E-state index is 0.100. The monoisotopic (exact) mass is 414 g/mol. The van der Waals surface area contributed by atoms with E-state index in [4.69, 9.17) is 9.47 Å². The molecule has 0 aliphatic heterocycles. The van der Waals surface area contributed by atoms with Crippen molar-refractivity contribution in [3.8, 4) is 0 Å². The molecule has 0 aromatic heterocycles. The highest BCUT2D eigenvalue weighted by atomic mass is 28.4. The van der Waals surface area contributed by atoms with Crippen LogP contribution in [0.1, 0.15) is 33.1 Å². The van der Waals surface area contributed by atoms with E-state index in [0.29, 0.717) is 6.42 Å². The molecule has 2 aromatic rings. The smallest absolute Gasteiger partial charge is 0.305 e. The highest BCUT2D eigenvalue weighted by molar-refractivity contribution is 6.98. The number of methoxy groups -OCH3 is 2. The standard InChI is InChI=1S/C23H30O5Si/c1-23(2,17-18(15-21(24)27-3)16-22(25)28-4)29(26,19-11-7-5-8-12-19)20-13-9-6-10-14-20/h5-14,18,26H,15-17H2,1-4H3. The Balaban J connectivity index is 2.47. The molecule has 0 fully saturated rings. The van der Waals surface area contributed by atoms with Crippen molar-refractivity contribution in [3.63, 3.8) is 0 Å². The van der Waals surface area contributed by atoms with Gasteiger partial charge in [-0.25, -0.2) is 0 Å². The Hall–Kier alpha value is -2.44. The predicted octanol–water partition coefficient (Wildman–Crippen LogP) is 2.65. The molecule has 1 N–H and O–H groups in total. The molecule has 0 aliphatic carbocycles. The van der Waals surface area contributed by atoms with E-state index in [1.807, 2.05) is 74.5 Å². The zero-order valence-electron chi connectivity index (χ0n) is 17.6. The third-order valence-electron chi connectivity index (χ3n) is 5.53. The zero-order chi connectivity index (χ0) is 21.5. The van der Waals surface area contributed by atoms with E-state index in [-0.39, 0.29) is 30.7 Å². The summed E-state index contributed by atoms with van der Waals surface area (Å²) >= 11 is 0. The lowest BCUT2D eigenvalue weighted by Crippen LogP contribution is -2.65. The van der Waals surface area contributed by atoms with Crippen molar-refractivity contribution >= 4 is 30.6 Å². The van der Waals surface area contributed by atoms with Crippen LogP contribution in [-0.4, -0.2) is 39.3 Å². The summed E-state index contributed by atoms with van der Waals surface area (Å²) in [4.78, 5) is 36.1. The molecule has 0 saturated heterocycles. The third kappa shape index (κ3) is 5.34. The first-order chi connectivity index (χ1) is 13.7. The van der Waals surface area contributed by atoms with Crippen molar-refractivity contribution in [2.45, 2.75) is 38.1 Å². The van der Waals surface area contributed by atoms with Crippen LogP contribution in [0, 0.1) is 5.92 Å². The summed E-state index contributed by atoms with van der Waals surface area (Å²) in [6.07, 6.45) is 0.676. The van der Waals surface area contributed by atoms with Crippen LogP contribution in [0.2, 0.25) is 5.04 Å². The Labute approximate surface area is 173 Å². The van der Waals surface area contributed by atoms with Crippen molar-refractivity contribution in [1.29, 1.82) is 0 Å². The van der Waals surface area contributed by atoms with Gasteiger partial charge in [-0.05, 0) is 27.8 Å². The molecule has 0 bridgehead atoms. The quantitative estimate of drug-likeness (QED) is 0.504. The summed E-state index contributed by atoms with van der Waals surface area (Å²) in [5.74, 6) is -1.05. The van der Waals surface area contributed by atoms with Gasteiger partial charge in [-0.15, -0.1) is 0 Å². The molecule has 29 heavy (non-hydrogen) atoms. The molecule has 2 rings (SSSR count). The molecule has 6 heteroatoms. The minimum atomic E-state index is -3.22. The molecule has 0 radical (unpaired) electrons. The molecule has 0 amide bonds. The SMILES string of the molecule is COC(=O)CC(CC(=O)OC)CC(C)(C)[Si](O)(c1ccccc1)c1ccccc1. The molecule has 0 saturated carbocycles. The van der Waals surface area contributed by atoms with Crippen LogP contribution in [0.25, 0.3) is 0 Å². The highest BCUT2D eigenvalue weighted by Gasteiger charge is 2.50. The van der Waals surface area contributed by atoms with Gasteiger partial charge in [-0.3, -0.25) is 9.59 Å². The molecule has 156 valence electrons. The Morgan fingerprint density at radius 3 is 1.59 bits per heavy atom. The minimum Gasteiger partial charge on any atom is -0.469 e. The number of carbonyl (C=O) groups is 2. The summed E-state index contributed by atoms with van der Waals surface area (Å²) in [6.45, 7) is 4.03. The fraction of sp³-hybridized carbons (Fsp3) is 0.391. The first kappa shape index (κ1) is 22.8. The highest BCUT2D eigenvalue weighted by Crippen LogP contribution is 2.43. The maximum Gasteiger partial charge on any atom is 0.305 e. The van der Waals surface area contributed by atoms with Gasteiger partial charge in [0.1, 0.15) is 0 Å². The average Bonchev–Trinajstić information content (AvgIpc) is 2.73. The van der Waals surface area contributed by atoms with Crippen LogP contribution < -0.4 is 10.4 Å². The summed E-state index contributed by atoms with van der Waals surface area (Å²) in [7, 11) is -0.549. The number of benzene rings is 2. The Kier molecular flexibility index (Phi) is 7.76. The van der Waals surface area contributed by atoms with Crippen LogP contribution >= 0.6 is 0 Å². The van der Waals surface area contributed by atoms with Crippen LogP contribution in [0.4, 0.5) is 0 Å². The summed E-state index contributed by atoms with van der Waals surface area (Å²) in [5.41, 5.74) is 0. The van der Waals surface area contributed by atoms with Crippen molar-refractivity contribution < 1.29 is 23.9 Å². The van der Waals surface area contributed by atoms with Gasteiger partial charge in [0.25, 0.3) is 8.32 Å². The molecule has 0 spiro atoms. The number of hydrogen-bond acceptors (Lipinski definition) is 5. The predicted molar refractivity (Wildman–Crippen MR) is 116 cm³/mol. The summed E-state index contributed by atoms with van der Waals surface area (Å²) in [6, 6.07) is 19.4. The Bertz CT molecular complexity index is 747. The molecule has 0 atom stereocenters. The zero-order valence-corrected chi connectivity index (χ0v) is 18.6. The second-order valence-corrected chi connectivity index (χ2v) is 11.9. The van der Waals surface area contributed by atoms with Crippen LogP contribution in [0.5, 0.6) is 0 Å². The first-order valence-electron chi connectivity index (χ1n) is 9.71. The van der Waals surface area contributed by atoms with Crippen molar-refractivity contribution in [2.75, 3.05) is 14.2 Å². The molecule has 0 heterocycles. The van der Waals surface area contributed by atoms with Crippen molar-refractivity contribution in [3.05, 3.63) is 60.7 Å². The normalized spacial score (nSPS) is 11.9. The van der Waals surface area contributed by atoms with Crippen LogP contribution in [0.15, 0.2) is 60.7 Å². The largest absolute Gasteiger partial charge is 0.469 e. The van der Waals surface area contributed by atoms with Gasteiger partial charge in [0.15, 0.2) is 0 Å². The fourth-order valence-electron chi connectivity index (χ4n) is 4.03. The summed E-state index contributed by atoms with van der Waals surface area (Å²) in [5, 5.41) is 1.22.